The van der Waals surface area contributed by atoms with Crippen LogP contribution in [0.3, 0.4) is 0 Å². The van der Waals surface area contributed by atoms with Crippen molar-refractivity contribution in [1.29, 1.82) is 0 Å². The van der Waals surface area contributed by atoms with Crippen molar-refractivity contribution in [2.75, 3.05) is 19.7 Å². The minimum atomic E-state index is -3.63. The number of hydrogen-bond acceptors (Lipinski definition) is 4. The molecule has 0 unspecified atom stereocenters. The molecule has 1 N–H and O–H groups in total. The third kappa shape index (κ3) is 4.89. The number of aromatic nitrogens is 1. The van der Waals surface area contributed by atoms with E-state index in [1.165, 1.54) is 16.4 Å². The number of nitrogens with zero attached hydrogens (tertiary/aromatic N) is 2. The fourth-order valence-electron chi connectivity index (χ4n) is 4.38. The van der Waals surface area contributed by atoms with Crippen LogP contribution in [-0.2, 0) is 21.4 Å². The maximum atomic E-state index is 13.9. The molecule has 0 radical (unpaired) electrons. The maximum absolute atomic E-state index is 13.9. The summed E-state index contributed by atoms with van der Waals surface area (Å²) in [5, 5.41) is 9.90. The molecular weight excluding hydrogens is 447 g/mol. The lowest BCUT2D eigenvalue weighted by Crippen LogP contribution is -2.37. The van der Waals surface area contributed by atoms with Crippen LogP contribution in [0.15, 0.2) is 53.6 Å². The first kappa shape index (κ1) is 23.3. The fourth-order valence-corrected chi connectivity index (χ4v) is 5.85. The summed E-state index contributed by atoms with van der Waals surface area (Å²) in [5.41, 5.74) is 1.52. The summed E-state index contributed by atoms with van der Waals surface area (Å²) in [6.45, 7) is 3.03. The molecule has 1 aliphatic rings. The zero-order valence-electron chi connectivity index (χ0n) is 18.4. The van der Waals surface area contributed by atoms with Gasteiger partial charge >= 0.3 is 5.97 Å². The van der Waals surface area contributed by atoms with Crippen LogP contribution in [0.5, 0.6) is 5.75 Å². The highest BCUT2D eigenvalue weighted by Gasteiger charge is 2.31. The second kappa shape index (κ2) is 9.52. The van der Waals surface area contributed by atoms with Gasteiger partial charge in [0.2, 0.25) is 10.0 Å². The van der Waals surface area contributed by atoms with Gasteiger partial charge < -0.3 is 14.4 Å². The van der Waals surface area contributed by atoms with Crippen LogP contribution in [0.25, 0.3) is 10.9 Å². The minimum absolute atomic E-state index is 0.0145. The van der Waals surface area contributed by atoms with E-state index in [0.717, 1.165) is 12.0 Å². The van der Waals surface area contributed by atoms with Gasteiger partial charge in [-0.25, -0.2) is 12.8 Å². The summed E-state index contributed by atoms with van der Waals surface area (Å²) in [5.74, 6) is -0.710. The molecule has 0 saturated carbocycles. The number of aliphatic carboxylic acids is 1. The van der Waals surface area contributed by atoms with E-state index in [0.29, 0.717) is 49.2 Å². The molecule has 9 heteroatoms. The van der Waals surface area contributed by atoms with Crippen molar-refractivity contribution >= 4 is 26.9 Å². The molecule has 2 heterocycles. The van der Waals surface area contributed by atoms with Crippen LogP contribution in [-0.4, -0.2) is 48.1 Å². The van der Waals surface area contributed by atoms with Gasteiger partial charge in [-0.1, -0.05) is 6.92 Å². The van der Waals surface area contributed by atoms with Crippen molar-refractivity contribution < 1.29 is 27.4 Å². The zero-order valence-corrected chi connectivity index (χ0v) is 19.2. The van der Waals surface area contributed by atoms with Crippen molar-refractivity contribution in [3.8, 4) is 5.75 Å². The molecule has 2 aromatic carbocycles. The van der Waals surface area contributed by atoms with E-state index in [1.54, 1.807) is 41.1 Å². The Hall–Kier alpha value is -2.91. The van der Waals surface area contributed by atoms with Crippen LogP contribution in [0.2, 0.25) is 0 Å². The number of rotatable bonds is 8. The minimum Gasteiger partial charge on any atom is -0.494 e. The normalized spacial score (nSPS) is 15.7. The van der Waals surface area contributed by atoms with Gasteiger partial charge in [0.15, 0.2) is 0 Å². The van der Waals surface area contributed by atoms with E-state index in [4.69, 9.17) is 4.74 Å². The zero-order chi connectivity index (χ0) is 23.6. The number of fused-ring (bicyclic) bond motifs is 1. The van der Waals surface area contributed by atoms with Crippen LogP contribution in [0.4, 0.5) is 4.39 Å². The maximum Gasteiger partial charge on any atom is 0.323 e. The third-order valence-electron chi connectivity index (χ3n) is 6.01. The van der Waals surface area contributed by atoms with Crippen molar-refractivity contribution in [1.82, 2.24) is 8.87 Å². The predicted molar refractivity (Wildman–Crippen MR) is 122 cm³/mol. The summed E-state index contributed by atoms with van der Waals surface area (Å²) in [6, 6.07) is 10.8. The molecule has 1 aliphatic heterocycles. The highest BCUT2D eigenvalue weighted by Crippen LogP contribution is 2.36. The van der Waals surface area contributed by atoms with Gasteiger partial charge in [-0.15, -0.1) is 0 Å². The number of sulfonamides is 1. The molecular formula is C24H27FN2O5S. The number of carbonyl (C=O) groups is 1. The first-order chi connectivity index (χ1) is 15.8. The molecule has 0 bridgehead atoms. The first-order valence-corrected chi connectivity index (χ1v) is 12.5. The molecule has 0 atom stereocenters. The number of benzene rings is 2. The van der Waals surface area contributed by atoms with Crippen LogP contribution in [0.1, 0.15) is 37.7 Å². The average molecular weight is 475 g/mol. The van der Waals surface area contributed by atoms with E-state index in [1.807, 2.05) is 6.92 Å². The monoisotopic (exact) mass is 474 g/mol. The topological polar surface area (TPSA) is 88.8 Å². The smallest absolute Gasteiger partial charge is 0.323 e. The van der Waals surface area contributed by atoms with E-state index in [9.17, 15) is 22.7 Å². The van der Waals surface area contributed by atoms with E-state index in [2.05, 4.69) is 0 Å². The van der Waals surface area contributed by atoms with Crippen molar-refractivity contribution in [3.63, 3.8) is 0 Å². The third-order valence-corrected chi connectivity index (χ3v) is 7.92. The SMILES string of the molecule is CCCOc1ccc(S(=O)(=O)N2CCC(c3cn(CC(=O)O)c4ccc(F)cc34)CC2)cc1. The van der Waals surface area contributed by atoms with Gasteiger partial charge in [0.25, 0.3) is 0 Å². The Morgan fingerprint density at radius 1 is 1.15 bits per heavy atom. The molecule has 0 spiro atoms. The number of halogens is 1. The molecule has 1 fully saturated rings. The highest BCUT2D eigenvalue weighted by molar-refractivity contribution is 7.89. The molecule has 0 amide bonds. The number of ether oxygens (including phenoxy) is 1. The molecule has 7 nitrogen and oxygen atoms in total. The van der Waals surface area contributed by atoms with E-state index < -0.39 is 16.0 Å². The second-order valence-electron chi connectivity index (χ2n) is 8.27. The molecule has 1 saturated heterocycles. The number of hydrogen-bond donors (Lipinski definition) is 1. The summed E-state index contributed by atoms with van der Waals surface area (Å²) in [6.07, 6.45) is 3.78. The van der Waals surface area contributed by atoms with Gasteiger partial charge in [-0.3, -0.25) is 4.79 Å². The summed E-state index contributed by atoms with van der Waals surface area (Å²) >= 11 is 0. The Bertz CT molecular complexity index is 1250. The van der Waals surface area contributed by atoms with Crippen molar-refractivity contribution in [3.05, 3.63) is 60.0 Å². The van der Waals surface area contributed by atoms with Gasteiger partial charge in [0, 0.05) is 30.2 Å². The van der Waals surface area contributed by atoms with Crippen LogP contribution < -0.4 is 4.74 Å². The summed E-state index contributed by atoms with van der Waals surface area (Å²) in [7, 11) is -3.63. The number of piperidine rings is 1. The summed E-state index contributed by atoms with van der Waals surface area (Å²) < 4.78 is 48.8. The molecule has 1 aromatic heterocycles. The van der Waals surface area contributed by atoms with Gasteiger partial charge in [-0.05, 0) is 73.2 Å². The van der Waals surface area contributed by atoms with Crippen molar-refractivity contribution in [2.24, 2.45) is 0 Å². The largest absolute Gasteiger partial charge is 0.494 e. The summed E-state index contributed by atoms with van der Waals surface area (Å²) in [4.78, 5) is 11.5. The Labute approximate surface area is 192 Å². The Morgan fingerprint density at radius 2 is 1.85 bits per heavy atom. The Kier molecular flexibility index (Phi) is 6.71. The quantitative estimate of drug-likeness (QED) is 0.528. The Morgan fingerprint density at radius 3 is 2.48 bits per heavy atom. The number of carboxylic acids is 1. The molecule has 0 aliphatic carbocycles. The lowest BCUT2D eigenvalue weighted by molar-refractivity contribution is -0.137. The molecule has 4 rings (SSSR count). The standard InChI is InChI=1S/C24H27FN2O5S/c1-2-13-32-19-4-6-20(7-5-19)33(30,31)27-11-9-17(10-12-27)22-15-26(16-24(28)29)23-8-3-18(25)14-21(22)23/h3-8,14-15,17H,2,9-13,16H2,1H3,(H,28,29). The molecule has 176 valence electrons. The Balaban J connectivity index is 1.51. The lowest BCUT2D eigenvalue weighted by Gasteiger charge is -2.31. The van der Waals surface area contributed by atoms with Gasteiger partial charge in [-0.2, -0.15) is 4.31 Å². The average Bonchev–Trinajstić information content (AvgIpc) is 3.14. The van der Waals surface area contributed by atoms with Gasteiger partial charge in [0.1, 0.15) is 18.1 Å². The lowest BCUT2D eigenvalue weighted by atomic mass is 9.90. The van der Waals surface area contributed by atoms with E-state index >= 15 is 0 Å². The van der Waals surface area contributed by atoms with Crippen LogP contribution in [0, 0.1) is 5.82 Å². The molecule has 3 aromatic rings. The van der Waals surface area contributed by atoms with Crippen LogP contribution >= 0.6 is 0 Å². The van der Waals surface area contributed by atoms with Gasteiger partial charge in [0.05, 0.1) is 11.5 Å². The first-order valence-electron chi connectivity index (χ1n) is 11.0. The van der Waals surface area contributed by atoms with E-state index in [-0.39, 0.29) is 23.2 Å². The molecule has 33 heavy (non-hydrogen) atoms. The highest BCUT2D eigenvalue weighted by atomic mass is 32.2. The fraction of sp³-hybridized carbons (Fsp3) is 0.375. The second-order valence-corrected chi connectivity index (χ2v) is 10.2. The van der Waals surface area contributed by atoms with Crippen molar-refractivity contribution in [2.45, 2.75) is 43.5 Å². The predicted octanol–water partition coefficient (Wildman–Crippen LogP) is 4.22. The number of carboxylic acid groups (broad SMARTS) is 1.